The fraction of sp³-hybridized carbons (Fsp3) is 0.143. The molecule has 0 aliphatic rings. The highest BCUT2D eigenvalue weighted by atomic mass is 32.1. The first-order chi connectivity index (χ1) is 5.27. The van der Waals surface area contributed by atoms with Crippen LogP contribution in [0.25, 0.3) is 0 Å². The summed E-state index contributed by atoms with van der Waals surface area (Å²) in [6.07, 6.45) is 0. The molecular weight excluding hydrogens is 160 g/mol. The summed E-state index contributed by atoms with van der Waals surface area (Å²) in [5.74, 6) is 5.94. The molecule has 1 aromatic rings. The predicted octanol–water partition coefficient (Wildman–Crippen LogP) is 1.27. The Balaban J connectivity index is 3.06. The lowest BCUT2D eigenvalue weighted by molar-refractivity contribution is 0.416. The van der Waals surface area contributed by atoms with Crippen LogP contribution in [0.3, 0.4) is 0 Å². The van der Waals surface area contributed by atoms with Crippen molar-refractivity contribution in [3.05, 3.63) is 18.2 Å². The van der Waals surface area contributed by atoms with Gasteiger partial charge in [-0.3, -0.25) is 5.84 Å². The van der Waals surface area contributed by atoms with Gasteiger partial charge in [-0.25, -0.2) is 0 Å². The molecule has 1 rings (SSSR count). The number of nitrogen functional groups attached to an aromatic ring is 1. The Labute approximate surface area is 70.9 Å². The van der Waals surface area contributed by atoms with Crippen LogP contribution in [0.4, 0.5) is 5.69 Å². The number of benzene rings is 1. The summed E-state index contributed by atoms with van der Waals surface area (Å²) < 4.78 is 5.01. The minimum atomic E-state index is 0.713. The van der Waals surface area contributed by atoms with Crippen molar-refractivity contribution in [3.8, 4) is 5.75 Å². The Morgan fingerprint density at radius 3 is 2.82 bits per heavy atom. The standard InChI is InChI=1S/C7H10N2OS/c1-10-7-3-2-5(11)4-6(7)9-8/h2-4,9,11H,8H2,1H3. The maximum absolute atomic E-state index is 5.23. The molecule has 0 spiro atoms. The first-order valence-electron chi connectivity index (χ1n) is 3.11. The summed E-state index contributed by atoms with van der Waals surface area (Å²) in [6, 6.07) is 5.43. The van der Waals surface area contributed by atoms with Gasteiger partial charge in [0.1, 0.15) is 5.75 Å². The number of thiol groups is 1. The number of methoxy groups -OCH3 is 1. The van der Waals surface area contributed by atoms with Crippen LogP contribution in [-0.2, 0) is 0 Å². The normalized spacial score (nSPS) is 9.36. The number of anilines is 1. The second-order valence-electron chi connectivity index (χ2n) is 2.03. The molecule has 11 heavy (non-hydrogen) atoms. The number of hydrogen-bond donors (Lipinski definition) is 3. The highest BCUT2D eigenvalue weighted by molar-refractivity contribution is 7.80. The van der Waals surface area contributed by atoms with Gasteiger partial charge in [-0.2, -0.15) is 0 Å². The van der Waals surface area contributed by atoms with Crippen LogP contribution in [0.5, 0.6) is 5.75 Å². The van der Waals surface area contributed by atoms with Crippen molar-refractivity contribution in [3.63, 3.8) is 0 Å². The van der Waals surface area contributed by atoms with E-state index in [1.54, 1.807) is 19.2 Å². The lowest BCUT2D eigenvalue weighted by atomic mass is 10.3. The highest BCUT2D eigenvalue weighted by Crippen LogP contribution is 2.25. The minimum absolute atomic E-state index is 0.713. The Bertz CT molecular complexity index is 252. The smallest absolute Gasteiger partial charge is 0.143 e. The molecule has 0 heterocycles. The van der Waals surface area contributed by atoms with Crippen LogP contribution in [0.15, 0.2) is 23.1 Å². The summed E-state index contributed by atoms with van der Waals surface area (Å²) in [6.45, 7) is 0. The number of hydrazine groups is 1. The van der Waals surface area contributed by atoms with Gasteiger partial charge in [-0.05, 0) is 18.2 Å². The average Bonchev–Trinajstić information content (AvgIpc) is 2.04. The number of rotatable bonds is 2. The Morgan fingerprint density at radius 2 is 2.27 bits per heavy atom. The zero-order chi connectivity index (χ0) is 8.27. The topological polar surface area (TPSA) is 47.3 Å². The largest absolute Gasteiger partial charge is 0.495 e. The molecule has 0 fully saturated rings. The van der Waals surface area contributed by atoms with Gasteiger partial charge in [-0.15, -0.1) is 12.6 Å². The predicted molar refractivity (Wildman–Crippen MR) is 48.1 cm³/mol. The lowest BCUT2D eigenvalue weighted by Gasteiger charge is -2.07. The number of hydrogen-bond acceptors (Lipinski definition) is 4. The molecule has 4 heteroatoms. The zero-order valence-corrected chi connectivity index (χ0v) is 7.06. The van der Waals surface area contributed by atoms with E-state index < -0.39 is 0 Å². The van der Waals surface area contributed by atoms with Crippen molar-refractivity contribution < 1.29 is 4.74 Å². The molecule has 0 radical (unpaired) electrons. The second-order valence-corrected chi connectivity index (χ2v) is 2.55. The van der Waals surface area contributed by atoms with Gasteiger partial charge in [0.2, 0.25) is 0 Å². The summed E-state index contributed by atoms with van der Waals surface area (Å²) in [7, 11) is 1.59. The molecule has 0 bridgehead atoms. The van der Waals surface area contributed by atoms with Gasteiger partial charge in [0, 0.05) is 4.90 Å². The van der Waals surface area contributed by atoms with Crippen molar-refractivity contribution >= 4 is 18.3 Å². The molecule has 0 unspecified atom stereocenters. The molecule has 0 amide bonds. The second kappa shape index (κ2) is 3.50. The van der Waals surface area contributed by atoms with Crippen LogP contribution < -0.4 is 16.0 Å². The molecule has 3 nitrogen and oxygen atoms in total. The van der Waals surface area contributed by atoms with Gasteiger partial charge >= 0.3 is 0 Å². The fourth-order valence-electron chi connectivity index (χ4n) is 0.809. The van der Waals surface area contributed by atoms with Gasteiger partial charge in [-0.1, -0.05) is 0 Å². The summed E-state index contributed by atoms with van der Waals surface area (Å²) >= 11 is 4.14. The van der Waals surface area contributed by atoms with Crippen LogP contribution in [0, 0.1) is 0 Å². The summed E-state index contributed by atoms with van der Waals surface area (Å²) in [4.78, 5) is 0.846. The molecular formula is C7H10N2OS. The van der Waals surface area contributed by atoms with Crippen molar-refractivity contribution in [2.75, 3.05) is 12.5 Å². The molecule has 0 aliphatic carbocycles. The van der Waals surface area contributed by atoms with Crippen LogP contribution >= 0.6 is 12.6 Å². The molecule has 0 saturated carbocycles. The van der Waals surface area contributed by atoms with E-state index in [0.717, 1.165) is 10.6 Å². The van der Waals surface area contributed by atoms with Gasteiger partial charge < -0.3 is 10.2 Å². The number of nitrogens with two attached hydrogens (primary N) is 1. The quantitative estimate of drug-likeness (QED) is 0.356. The molecule has 1 aromatic carbocycles. The van der Waals surface area contributed by atoms with E-state index in [4.69, 9.17) is 10.6 Å². The monoisotopic (exact) mass is 170 g/mol. The Hall–Kier alpha value is -0.870. The van der Waals surface area contributed by atoms with Crippen LogP contribution in [0.1, 0.15) is 0 Å². The van der Waals surface area contributed by atoms with Crippen LogP contribution in [-0.4, -0.2) is 7.11 Å². The molecule has 0 aliphatic heterocycles. The van der Waals surface area contributed by atoms with Crippen molar-refractivity contribution in [1.29, 1.82) is 0 Å². The van der Waals surface area contributed by atoms with Gasteiger partial charge in [0.25, 0.3) is 0 Å². The Morgan fingerprint density at radius 1 is 1.55 bits per heavy atom. The maximum Gasteiger partial charge on any atom is 0.143 e. The molecule has 0 saturated heterocycles. The van der Waals surface area contributed by atoms with E-state index in [-0.39, 0.29) is 0 Å². The van der Waals surface area contributed by atoms with Gasteiger partial charge in [0.05, 0.1) is 12.8 Å². The molecule has 0 atom stereocenters. The Kier molecular flexibility index (Phi) is 2.62. The summed E-state index contributed by atoms with van der Waals surface area (Å²) in [5, 5.41) is 0. The number of nitrogens with one attached hydrogen (secondary N) is 1. The molecule has 0 aromatic heterocycles. The minimum Gasteiger partial charge on any atom is -0.495 e. The fourth-order valence-corrected chi connectivity index (χ4v) is 1.01. The first kappa shape index (κ1) is 8.23. The number of ether oxygens (including phenoxy) is 1. The third kappa shape index (κ3) is 1.78. The van der Waals surface area contributed by atoms with E-state index >= 15 is 0 Å². The summed E-state index contributed by atoms with van der Waals surface area (Å²) in [5.41, 5.74) is 3.25. The van der Waals surface area contributed by atoms with Crippen LogP contribution in [0.2, 0.25) is 0 Å². The van der Waals surface area contributed by atoms with Crippen molar-refractivity contribution in [2.24, 2.45) is 5.84 Å². The third-order valence-corrected chi connectivity index (χ3v) is 1.62. The van der Waals surface area contributed by atoms with Crippen molar-refractivity contribution in [2.45, 2.75) is 4.90 Å². The third-order valence-electron chi connectivity index (χ3n) is 1.34. The van der Waals surface area contributed by atoms with Crippen molar-refractivity contribution in [1.82, 2.24) is 0 Å². The van der Waals surface area contributed by atoms with E-state index in [1.807, 2.05) is 6.07 Å². The lowest BCUT2D eigenvalue weighted by Crippen LogP contribution is -2.07. The average molecular weight is 170 g/mol. The van der Waals surface area contributed by atoms with E-state index in [9.17, 15) is 0 Å². The maximum atomic E-state index is 5.23. The zero-order valence-electron chi connectivity index (χ0n) is 6.16. The van der Waals surface area contributed by atoms with Gasteiger partial charge in [0.15, 0.2) is 0 Å². The molecule has 3 N–H and O–H groups in total. The first-order valence-corrected chi connectivity index (χ1v) is 3.56. The highest BCUT2D eigenvalue weighted by Gasteiger charge is 1.99. The van der Waals surface area contributed by atoms with E-state index in [1.165, 1.54) is 0 Å². The van der Waals surface area contributed by atoms with E-state index in [0.29, 0.717) is 5.75 Å². The molecule has 60 valence electrons. The SMILES string of the molecule is COc1ccc(S)cc1NN. The van der Waals surface area contributed by atoms with E-state index in [2.05, 4.69) is 18.1 Å².